The maximum atomic E-state index is 5.41. The standard InChI is InChI=1S/C19H25N3O2/c1-20-19(21-13-15-9-11-17(23-3)12-10-15)22(2)14-16-7-5-6-8-18(16)24-4/h5-12H,13-14H2,1-4H3,(H,20,21). The molecule has 0 saturated carbocycles. The quantitative estimate of drug-likeness (QED) is 0.654. The van der Waals surface area contributed by atoms with Gasteiger partial charge in [-0.05, 0) is 23.8 Å². The van der Waals surface area contributed by atoms with E-state index in [4.69, 9.17) is 9.47 Å². The third kappa shape index (κ3) is 4.65. The Morgan fingerprint density at radius 1 is 1.04 bits per heavy atom. The van der Waals surface area contributed by atoms with E-state index in [-0.39, 0.29) is 0 Å². The first-order chi connectivity index (χ1) is 11.7. The molecule has 24 heavy (non-hydrogen) atoms. The van der Waals surface area contributed by atoms with Crippen LogP contribution in [0.2, 0.25) is 0 Å². The van der Waals surface area contributed by atoms with Crippen molar-refractivity contribution >= 4 is 5.96 Å². The SMILES string of the molecule is CN=C(NCc1ccc(OC)cc1)N(C)Cc1ccccc1OC. The number of benzene rings is 2. The normalized spacial score (nSPS) is 11.1. The average molecular weight is 327 g/mol. The summed E-state index contributed by atoms with van der Waals surface area (Å²) >= 11 is 0. The highest BCUT2D eigenvalue weighted by molar-refractivity contribution is 5.79. The zero-order chi connectivity index (χ0) is 17.4. The zero-order valence-corrected chi connectivity index (χ0v) is 14.7. The van der Waals surface area contributed by atoms with Crippen LogP contribution >= 0.6 is 0 Å². The van der Waals surface area contributed by atoms with E-state index in [0.29, 0.717) is 13.1 Å². The van der Waals surface area contributed by atoms with Crippen LogP contribution in [0.1, 0.15) is 11.1 Å². The summed E-state index contributed by atoms with van der Waals surface area (Å²) in [6, 6.07) is 16.0. The number of methoxy groups -OCH3 is 2. The molecule has 2 rings (SSSR count). The molecule has 0 spiro atoms. The molecule has 128 valence electrons. The summed E-state index contributed by atoms with van der Waals surface area (Å²) in [5.74, 6) is 2.57. The second kappa shape index (κ2) is 8.82. The van der Waals surface area contributed by atoms with Gasteiger partial charge in [-0.15, -0.1) is 0 Å². The van der Waals surface area contributed by atoms with Crippen molar-refractivity contribution in [2.45, 2.75) is 13.1 Å². The third-order valence-corrected chi connectivity index (χ3v) is 3.78. The topological polar surface area (TPSA) is 46.1 Å². The fourth-order valence-corrected chi connectivity index (χ4v) is 2.47. The minimum Gasteiger partial charge on any atom is -0.497 e. The maximum absolute atomic E-state index is 5.41. The maximum Gasteiger partial charge on any atom is 0.193 e. The van der Waals surface area contributed by atoms with Crippen LogP contribution in [-0.4, -0.2) is 39.2 Å². The van der Waals surface area contributed by atoms with Gasteiger partial charge < -0.3 is 19.7 Å². The van der Waals surface area contributed by atoms with Crippen LogP contribution in [0, 0.1) is 0 Å². The predicted octanol–water partition coefficient (Wildman–Crippen LogP) is 2.91. The van der Waals surface area contributed by atoms with Crippen molar-refractivity contribution in [1.82, 2.24) is 10.2 Å². The van der Waals surface area contributed by atoms with Crippen molar-refractivity contribution in [2.75, 3.05) is 28.3 Å². The number of ether oxygens (including phenoxy) is 2. The molecular weight excluding hydrogens is 302 g/mol. The first-order valence-electron chi connectivity index (χ1n) is 7.84. The molecule has 0 aromatic heterocycles. The Labute approximate surface area is 143 Å². The minimum absolute atomic E-state index is 0.701. The molecule has 2 aromatic rings. The van der Waals surface area contributed by atoms with Gasteiger partial charge in [0.2, 0.25) is 0 Å². The summed E-state index contributed by atoms with van der Waals surface area (Å²) in [7, 11) is 7.16. The van der Waals surface area contributed by atoms with Gasteiger partial charge in [-0.1, -0.05) is 30.3 Å². The number of hydrogen-bond acceptors (Lipinski definition) is 3. The van der Waals surface area contributed by atoms with Gasteiger partial charge in [-0.3, -0.25) is 4.99 Å². The van der Waals surface area contributed by atoms with E-state index in [9.17, 15) is 0 Å². The lowest BCUT2D eigenvalue weighted by Gasteiger charge is -2.23. The van der Waals surface area contributed by atoms with E-state index in [1.165, 1.54) is 5.56 Å². The third-order valence-electron chi connectivity index (χ3n) is 3.78. The summed E-state index contributed by atoms with van der Waals surface area (Å²) in [5.41, 5.74) is 2.29. The number of guanidine groups is 1. The van der Waals surface area contributed by atoms with Gasteiger partial charge in [0.15, 0.2) is 5.96 Å². The molecule has 1 N–H and O–H groups in total. The fourth-order valence-electron chi connectivity index (χ4n) is 2.47. The molecule has 0 saturated heterocycles. The van der Waals surface area contributed by atoms with E-state index in [0.717, 1.165) is 23.0 Å². The molecule has 0 atom stereocenters. The van der Waals surface area contributed by atoms with E-state index < -0.39 is 0 Å². The Bertz CT molecular complexity index is 669. The van der Waals surface area contributed by atoms with E-state index in [1.54, 1.807) is 21.3 Å². The van der Waals surface area contributed by atoms with Gasteiger partial charge in [0, 0.05) is 32.7 Å². The molecular formula is C19H25N3O2. The number of aliphatic imine (C=N–C) groups is 1. The van der Waals surface area contributed by atoms with Gasteiger partial charge in [-0.2, -0.15) is 0 Å². The smallest absolute Gasteiger partial charge is 0.193 e. The number of nitrogens with zero attached hydrogens (tertiary/aromatic N) is 2. The molecule has 0 fully saturated rings. The largest absolute Gasteiger partial charge is 0.497 e. The van der Waals surface area contributed by atoms with Crippen LogP contribution in [0.3, 0.4) is 0 Å². The van der Waals surface area contributed by atoms with Gasteiger partial charge in [0.25, 0.3) is 0 Å². The zero-order valence-electron chi connectivity index (χ0n) is 14.7. The number of rotatable bonds is 6. The molecule has 0 aliphatic carbocycles. The Balaban J connectivity index is 1.97. The fraction of sp³-hybridized carbons (Fsp3) is 0.316. The van der Waals surface area contributed by atoms with Crippen LogP contribution in [-0.2, 0) is 13.1 Å². The molecule has 0 amide bonds. The molecule has 0 aliphatic heterocycles. The Morgan fingerprint density at radius 2 is 1.75 bits per heavy atom. The lowest BCUT2D eigenvalue weighted by Crippen LogP contribution is -2.38. The van der Waals surface area contributed by atoms with Crippen LogP contribution in [0.15, 0.2) is 53.5 Å². The van der Waals surface area contributed by atoms with Crippen LogP contribution in [0.5, 0.6) is 11.5 Å². The molecule has 0 heterocycles. The molecule has 0 radical (unpaired) electrons. The van der Waals surface area contributed by atoms with Crippen LogP contribution in [0.25, 0.3) is 0 Å². The Kier molecular flexibility index (Phi) is 6.49. The highest BCUT2D eigenvalue weighted by atomic mass is 16.5. The second-order valence-electron chi connectivity index (χ2n) is 5.42. The van der Waals surface area contributed by atoms with E-state index in [1.807, 2.05) is 49.5 Å². The predicted molar refractivity (Wildman–Crippen MR) is 97.7 cm³/mol. The average Bonchev–Trinajstić information content (AvgIpc) is 2.63. The van der Waals surface area contributed by atoms with Crippen molar-refractivity contribution in [1.29, 1.82) is 0 Å². The monoisotopic (exact) mass is 327 g/mol. The molecule has 0 aliphatic rings. The van der Waals surface area contributed by atoms with E-state index in [2.05, 4.69) is 21.3 Å². The van der Waals surface area contributed by atoms with Crippen LogP contribution < -0.4 is 14.8 Å². The van der Waals surface area contributed by atoms with Crippen LogP contribution in [0.4, 0.5) is 0 Å². The Morgan fingerprint density at radius 3 is 2.38 bits per heavy atom. The summed E-state index contributed by atoms with van der Waals surface area (Å²) < 4.78 is 10.6. The van der Waals surface area contributed by atoms with Gasteiger partial charge in [0.05, 0.1) is 14.2 Å². The number of hydrogen-bond donors (Lipinski definition) is 1. The van der Waals surface area contributed by atoms with Gasteiger partial charge in [0.1, 0.15) is 11.5 Å². The summed E-state index contributed by atoms with van der Waals surface area (Å²) in [4.78, 5) is 6.43. The van der Waals surface area contributed by atoms with Gasteiger partial charge >= 0.3 is 0 Å². The number of nitrogens with one attached hydrogen (secondary N) is 1. The van der Waals surface area contributed by atoms with Gasteiger partial charge in [-0.25, -0.2) is 0 Å². The minimum atomic E-state index is 0.701. The number of para-hydroxylation sites is 1. The highest BCUT2D eigenvalue weighted by Crippen LogP contribution is 2.18. The molecule has 0 unspecified atom stereocenters. The van der Waals surface area contributed by atoms with Crippen molar-refractivity contribution in [3.63, 3.8) is 0 Å². The first kappa shape index (κ1) is 17.7. The van der Waals surface area contributed by atoms with Crippen molar-refractivity contribution in [2.24, 2.45) is 4.99 Å². The molecule has 0 bridgehead atoms. The molecule has 5 heteroatoms. The Hall–Kier alpha value is -2.69. The summed E-state index contributed by atoms with van der Waals surface area (Å²) in [6.07, 6.45) is 0. The first-order valence-corrected chi connectivity index (χ1v) is 7.84. The lowest BCUT2D eigenvalue weighted by molar-refractivity contribution is 0.396. The van der Waals surface area contributed by atoms with Crippen molar-refractivity contribution in [3.05, 3.63) is 59.7 Å². The van der Waals surface area contributed by atoms with Crippen molar-refractivity contribution in [3.8, 4) is 11.5 Å². The second-order valence-corrected chi connectivity index (χ2v) is 5.42. The molecule has 2 aromatic carbocycles. The lowest BCUT2D eigenvalue weighted by atomic mass is 10.2. The van der Waals surface area contributed by atoms with E-state index >= 15 is 0 Å². The summed E-state index contributed by atoms with van der Waals surface area (Å²) in [6.45, 7) is 1.42. The highest BCUT2D eigenvalue weighted by Gasteiger charge is 2.09. The molecule has 5 nitrogen and oxygen atoms in total. The summed E-state index contributed by atoms with van der Waals surface area (Å²) in [5, 5.41) is 3.37. The van der Waals surface area contributed by atoms with Crippen molar-refractivity contribution < 1.29 is 9.47 Å².